The van der Waals surface area contributed by atoms with E-state index >= 15 is 0 Å². The molecule has 46 heavy (non-hydrogen) atoms. The first kappa shape index (κ1) is 31.6. The van der Waals surface area contributed by atoms with Crippen LogP contribution in [0.3, 0.4) is 0 Å². The van der Waals surface area contributed by atoms with E-state index in [0.29, 0.717) is 36.6 Å². The molecule has 0 saturated carbocycles. The normalized spacial score (nSPS) is 21.3. The van der Waals surface area contributed by atoms with Crippen molar-refractivity contribution in [3.05, 3.63) is 72.6 Å². The van der Waals surface area contributed by atoms with Gasteiger partial charge in [0.15, 0.2) is 24.4 Å². The lowest BCUT2D eigenvalue weighted by Crippen LogP contribution is -2.39. The minimum absolute atomic E-state index is 0.0388. The van der Waals surface area contributed by atoms with E-state index in [-0.39, 0.29) is 25.4 Å². The van der Waals surface area contributed by atoms with Gasteiger partial charge in [0, 0.05) is 13.1 Å². The van der Waals surface area contributed by atoms with Gasteiger partial charge in [-0.2, -0.15) is 0 Å². The first-order valence-electron chi connectivity index (χ1n) is 15.6. The van der Waals surface area contributed by atoms with Gasteiger partial charge in [-0.25, -0.2) is 9.97 Å². The van der Waals surface area contributed by atoms with Gasteiger partial charge >= 0.3 is 0 Å². The standard InChI is InChI=1S/C34H40N6O6/c1-19(2)13-37-33(41)29-27(43-17-45-29)31-35-15-25(39-31)23-9-5-21(6-10-23)22-7-11-24(12-8-22)26-16-36-32(40-26)28-30(46-18-44-28)34(42)38-14-20(3)4/h5-12,15-16,19-20,27-30H,13-14,17-18H2,1-4H3,(H,35,39)(H,36,40)(H,37,41)(H,38,42)/t27-,28-,29-,30-/m0/s1. The summed E-state index contributed by atoms with van der Waals surface area (Å²) in [6.45, 7) is 9.37. The Morgan fingerprint density at radius 3 is 1.39 bits per heavy atom. The largest absolute Gasteiger partial charge is 0.353 e. The molecule has 2 saturated heterocycles. The van der Waals surface area contributed by atoms with Crippen LogP contribution in [0.5, 0.6) is 0 Å². The Kier molecular flexibility index (Phi) is 9.59. The number of nitrogens with zero attached hydrogens (tertiary/aromatic N) is 2. The third kappa shape index (κ3) is 7.05. The van der Waals surface area contributed by atoms with Gasteiger partial charge in [-0.05, 0) is 34.1 Å². The van der Waals surface area contributed by atoms with Crippen LogP contribution in [0.25, 0.3) is 33.6 Å². The number of carbonyl (C=O) groups is 2. The predicted molar refractivity (Wildman–Crippen MR) is 170 cm³/mol. The summed E-state index contributed by atoms with van der Waals surface area (Å²) in [5.41, 5.74) is 5.67. The molecule has 2 amide bonds. The molecule has 2 aromatic heterocycles. The van der Waals surface area contributed by atoms with Crippen molar-refractivity contribution in [2.24, 2.45) is 11.8 Å². The van der Waals surface area contributed by atoms with E-state index in [1.807, 2.05) is 52.0 Å². The number of aromatic amines is 2. The number of hydrogen-bond acceptors (Lipinski definition) is 8. The highest BCUT2D eigenvalue weighted by molar-refractivity contribution is 5.82. The molecule has 2 aliphatic heterocycles. The molecule has 4 N–H and O–H groups in total. The Morgan fingerprint density at radius 2 is 1.02 bits per heavy atom. The summed E-state index contributed by atoms with van der Waals surface area (Å²) in [5.74, 6) is 1.37. The fourth-order valence-electron chi connectivity index (χ4n) is 5.34. The van der Waals surface area contributed by atoms with Crippen molar-refractivity contribution in [1.29, 1.82) is 0 Å². The van der Waals surface area contributed by atoms with E-state index < -0.39 is 24.4 Å². The smallest absolute Gasteiger partial charge is 0.252 e. The van der Waals surface area contributed by atoms with Crippen LogP contribution in [0, 0.1) is 11.8 Å². The molecule has 0 spiro atoms. The van der Waals surface area contributed by atoms with Crippen molar-refractivity contribution in [3.63, 3.8) is 0 Å². The summed E-state index contributed by atoms with van der Waals surface area (Å²) in [7, 11) is 0. The van der Waals surface area contributed by atoms with Crippen LogP contribution in [-0.2, 0) is 28.5 Å². The van der Waals surface area contributed by atoms with Crippen LogP contribution in [0.15, 0.2) is 60.9 Å². The van der Waals surface area contributed by atoms with E-state index in [1.54, 1.807) is 12.4 Å². The van der Waals surface area contributed by atoms with Crippen LogP contribution in [0.1, 0.15) is 51.6 Å². The predicted octanol–water partition coefficient (Wildman–Crippen LogP) is 4.51. The summed E-state index contributed by atoms with van der Waals surface area (Å²) in [5, 5.41) is 5.82. The molecule has 6 rings (SSSR count). The molecule has 0 bridgehead atoms. The van der Waals surface area contributed by atoms with Crippen molar-refractivity contribution in [2.75, 3.05) is 26.7 Å². The Morgan fingerprint density at radius 1 is 0.652 bits per heavy atom. The second-order valence-electron chi connectivity index (χ2n) is 12.4. The van der Waals surface area contributed by atoms with Crippen molar-refractivity contribution in [3.8, 4) is 33.6 Å². The average molecular weight is 629 g/mol. The van der Waals surface area contributed by atoms with Gasteiger partial charge in [-0.3, -0.25) is 9.59 Å². The van der Waals surface area contributed by atoms with Crippen LogP contribution >= 0.6 is 0 Å². The average Bonchev–Trinajstić information content (AvgIpc) is 3.89. The summed E-state index contributed by atoms with van der Waals surface area (Å²) in [6.07, 6.45) is 0.787. The van der Waals surface area contributed by atoms with E-state index in [2.05, 4.69) is 54.8 Å². The molecule has 4 aromatic rings. The van der Waals surface area contributed by atoms with Crippen LogP contribution in [-0.4, -0.2) is 70.6 Å². The highest BCUT2D eigenvalue weighted by Crippen LogP contribution is 2.32. The topological polar surface area (TPSA) is 152 Å². The number of carbonyl (C=O) groups excluding carboxylic acids is 2. The minimum atomic E-state index is -0.750. The Hall–Kier alpha value is -4.36. The number of nitrogens with one attached hydrogen (secondary N) is 4. The van der Waals surface area contributed by atoms with Crippen molar-refractivity contribution >= 4 is 11.8 Å². The van der Waals surface area contributed by atoms with E-state index in [1.165, 1.54) is 0 Å². The van der Waals surface area contributed by atoms with Gasteiger partial charge in [-0.15, -0.1) is 0 Å². The third-order valence-corrected chi connectivity index (χ3v) is 7.88. The van der Waals surface area contributed by atoms with Crippen molar-refractivity contribution < 1.29 is 28.5 Å². The maximum atomic E-state index is 12.6. The van der Waals surface area contributed by atoms with Gasteiger partial charge in [-0.1, -0.05) is 76.2 Å². The lowest BCUT2D eigenvalue weighted by Gasteiger charge is -2.16. The summed E-state index contributed by atoms with van der Waals surface area (Å²) in [4.78, 5) is 40.8. The first-order chi connectivity index (χ1) is 22.3. The zero-order chi connectivity index (χ0) is 32.2. The molecule has 12 heteroatoms. The molecular formula is C34H40N6O6. The monoisotopic (exact) mass is 628 g/mol. The zero-order valence-corrected chi connectivity index (χ0v) is 26.4. The zero-order valence-electron chi connectivity index (χ0n) is 26.4. The van der Waals surface area contributed by atoms with Crippen LogP contribution < -0.4 is 10.6 Å². The molecule has 2 fully saturated rings. The molecule has 4 atom stereocenters. The van der Waals surface area contributed by atoms with Gasteiger partial charge in [0.05, 0.1) is 23.8 Å². The van der Waals surface area contributed by atoms with Gasteiger partial charge in [0.25, 0.3) is 11.8 Å². The number of rotatable bonds is 11. The molecule has 0 radical (unpaired) electrons. The SMILES string of the molecule is CC(C)CNC(=O)[C@H]1OCO[C@@H]1c1ncc(-c2ccc(-c3ccc(-c4cnc([C@H]5OCO[C@@H]5C(=O)NCC(C)C)[nH]4)cc3)cc2)[nH]1. The van der Waals surface area contributed by atoms with Crippen molar-refractivity contribution in [1.82, 2.24) is 30.6 Å². The molecule has 0 unspecified atom stereocenters. The third-order valence-electron chi connectivity index (χ3n) is 7.88. The number of ether oxygens (including phenoxy) is 4. The summed E-state index contributed by atoms with van der Waals surface area (Å²) in [6, 6.07) is 16.3. The number of amides is 2. The van der Waals surface area contributed by atoms with Gasteiger partial charge in [0.2, 0.25) is 0 Å². The van der Waals surface area contributed by atoms with E-state index in [9.17, 15) is 9.59 Å². The molecule has 4 heterocycles. The number of hydrogen-bond donors (Lipinski definition) is 4. The fraction of sp³-hybridized carbons (Fsp3) is 0.412. The molecule has 0 aliphatic carbocycles. The lowest BCUT2D eigenvalue weighted by atomic mass is 10.0. The Bertz CT molecular complexity index is 1510. The van der Waals surface area contributed by atoms with Gasteiger partial charge < -0.3 is 39.5 Å². The van der Waals surface area contributed by atoms with Crippen LogP contribution in [0.2, 0.25) is 0 Å². The Labute approximate surface area is 267 Å². The van der Waals surface area contributed by atoms with E-state index in [4.69, 9.17) is 18.9 Å². The number of aromatic nitrogens is 4. The van der Waals surface area contributed by atoms with E-state index in [0.717, 1.165) is 33.6 Å². The minimum Gasteiger partial charge on any atom is -0.353 e. The van der Waals surface area contributed by atoms with Crippen molar-refractivity contribution in [2.45, 2.75) is 52.1 Å². The highest BCUT2D eigenvalue weighted by atomic mass is 16.7. The second-order valence-corrected chi connectivity index (χ2v) is 12.4. The second kappa shape index (κ2) is 14.0. The Balaban J connectivity index is 1.09. The first-order valence-corrected chi connectivity index (χ1v) is 15.6. The molecule has 2 aromatic carbocycles. The quantitative estimate of drug-likeness (QED) is 0.189. The number of H-pyrrole nitrogens is 2. The molecule has 242 valence electrons. The number of imidazole rings is 2. The molecular weight excluding hydrogens is 588 g/mol. The number of benzene rings is 2. The van der Waals surface area contributed by atoms with Crippen LogP contribution in [0.4, 0.5) is 0 Å². The molecule has 12 nitrogen and oxygen atoms in total. The summed E-state index contributed by atoms with van der Waals surface area (Å²) >= 11 is 0. The lowest BCUT2D eigenvalue weighted by molar-refractivity contribution is -0.131. The van der Waals surface area contributed by atoms with Gasteiger partial charge in [0.1, 0.15) is 25.2 Å². The summed E-state index contributed by atoms with van der Waals surface area (Å²) < 4.78 is 22.5. The maximum absolute atomic E-state index is 12.6. The highest BCUT2D eigenvalue weighted by Gasteiger charge is 2.39. The fourth-order valence-corrected chi connectivity index (χ4v) is 5.34. The molecule has 2 aliphatic rings. The maximum Gasteiger partial charge on any atom is 0.252 e.